The number of benzene rings is 1. The number of imidazole rings is 1. The zero-order valence-corrected chi connectivity index (χ0v) is 10.7. The molecule has 1 N–H and O–H groups in total. The zero-order chi connectivity index (χ0) is 12.3. The average molecular weight is 246 g/mol. The molecular formula is C13H14N2OS. The molecule has 0 amide bonds. The Morgan fingerprint density at radius 1 is 1.47 bits per heavy atom. The van der Waals surface area contributed by atoms with Gasteiger partial charge in [0.2, 0.25) is 0 Å². The second-order valence-corrected chi connectivity index (χ2v) is 4.79. The Morgan fingerprint density at radius 3 is 2.94 bits per heavy atom. The maximum absolute atomic E-state index is 10.6. The van der Waals surface area contributed by atoms with Gasteiger partial charge < -0.3 is 4.98 Å². The van der Waals surface area contributed by atoms with Gasteiger partial charge in [-0.1, -0.05) is 30.8 Å². The number of rotatable bonds is 4. The van der Waals surface area contributed by atoms with E-state index < -0.39 is 0 Å². The highest BCUT2D eigenvalue weighted by Crippen LogP contribution is 2.29. The van der Waals surface area contributed by atoms with Gasteiger partial charge >= 0.3 is 0 Å². The number of aromatic amines is 1. The first-order chi connectivity index (χ1) is 8.24. The lowest BCUT2D eigenvalue weighted by molar-refractivity contribution is 0.111. The minimum absolute atomic E-state index is 0.511. The molecular weight excluding hydrogens is 232 g/mol. The average Bonchev–Trinajstić information content (AvgIpc) is 2.79. The molecule has 0 saturated heterocycles. The summed E-state index contributed by atoms with van der Waals surface area (Å²) in [5.74, 6) is 0. The third-order valence-corrected chi connectivity index (χ3v) is 3.75. The SMILES string of the molecule is CCc1cccc(Sc2ncc(C=O)[nH]2)c1C. The third-order valence-electron chi connectivity index (χ3n) is 2.68. The topological polar surface area (TPSA) is 45.8 Å². The smallest absolute Gasteiger partial charge is 0.170 e. The molecule has 2 rings (SSSR count). The molecule has 0 atom stereocenters. The maximum Gasteiger partial charge on any atom is 0.170 e. The Bertz CT molecular complexity index is 534. The van der Waals surface area contributed by atoms with Gasteiger partial charge in [0, 0.05) is 4.90 Å². The van der Waals surface area contributed by atoms with Crippen LogP contribution in [0.3, 0.4) is 0 Å². The Labute approximate surface area is 105 Å². The van der Waals surface area contributed by atoms with Gasteiger partial charge in [-0.2, -0.15) is 0 Å². The van der Waals surface area contributed by atoms with E-state index in [-0.39, 0.29) is 0 Å². The van der Waals surface area contributed by atoms with Crippen LogP contribution in [0.15, 0.2) is 34.4 Å². The van der Waals surface area contributed by atoms with E-state index >= 15 is 0 Å². The molecule has 3 nitrogen and oxygen atoms in total. The first kappa shape index (κ1) is 11.9. The summed E-state index contributed by atoms with van der Waals surface area (Å²) in [5, 5.41) is 0.753. The fraction of sp³-hybridized carbons (Fsp3) is 0.231. The van der Waals surface area contributed by atoms with E-state index in [4.69, 9.17) is 0 Å². The minimum atomic E-state index is 0.511. The molecule has 0 aliphatic heterocycles. The minimum Gasteiger partial charge on any atom is -0.330 e. The second kappa shape index (κ2) is 5.19. The van der Waals surface area contributed by atoms with E-state index in [9.17, 15) is 4.79 Å². The number of nitrogens with one attached hydrogen (secondary N) is 1. The van der Waals surface area contributed by atoms with Gasteiger partial charge in [0.05, 0.1) is 11.9 Å². The number of carbonyl (C=O) groups excluding carboxylic acids is 1. The number of H-pyrrole nitrogens is 1. The van der Waals surface area contributed by atoms with Crippen LogP contribution >= 0.6 is 11.8 Å². The molecule has 0 spiro atoms. The van der Waals surface area contributed by atoms with Crippen LogP contribution in [0.2, 0.25) is 0 Å². The largest absolute Gasteiger partial charge is 0.330 e. The summed E-state index contributed by atoms with van der Waals surface area (Å²) in [7, 11) is 0. The van der Waals surface area contributed by atoms with Gasteiger partial charge in [-0.3, -0.25) is 4.79 Å². The first-order valence-corrected chi connectivity index (χ1v) is 6.32. The van der Waals surface area contributed by atoms with Crippen molar-refractivity contribution in [3.8, 4) is 0 Å². The van der Waals surface area contributed by atoms with Crippen molar-refractivity contribution < 1.29 is 4.79 Å². The molecule has 0 aliphatic rings. The van der Waals surface area contributed by atoms with Crippen LogP contribution in [0.1, 0.15) is 28.5 Å². The highest BCUT2D eigenvalue weighted by Gasteiger charge is 2.07. The number of hydrogen-bond donors (Lipinski definition) is 1. The number of aldehydes is 1. The Kier molecular flexibility index (Phi) is 3.64. The number of aromatic nitrogens is 2. The van der Waals surface area contributed by atoms with E-state index in [0.29, 0.717) is 5.69 Å². The Morgan fingerprint density at radius 2 is 2.29 bits per heavy atom. The Balaban J connectivity index is 2.26. The molecule has 2 aromatic rings. The van der Waals surface area contributed by atoms with Crippen LogP contribution in [0.5, 0.6) is 0 Å². The predicted octanol–water partition coefficient (Wildman–Crippen LogP) is 3.24. The summed E-state index contributed by atoms with van der Waals surface area (Å²) < 4.78 is 0. The van der Waals surface area contributed by atoms with Gasteiger partial charge in [0.15, 0.2) is 11.4 Å². The van der Waals surface area contributed by atoms with Crippen molar-refractivity contribution >= 4 is 18.0 Å². The molecule has 1 aromatic carbocycles. The van der Waals surface area contributed by atoms with Crippen molar-refractivity contribution in [2.75, 3.05) is 0 Å². The second-order valence-electron chi connectivity index (χ2n) is 3.76. The van der Waals surface area contributed by atoms with Crippen molar-refractivity contribution in [3.05, 3.63) is 41.2 Å². The molecule has 0 aliphatic carbocycles. The van der Waals surface area contributed by atoms with Crippen LogP contribution in [0, 0.1) is 6.92 Å². The predicted molar refractivity (Wildman–Crippen MR) is 68.7 cm³/mol. The van der Waals surface area contributed by atoms with E-state index in [1.165, 1.54) is 16.0 Å². The van der Waals surface area contributed by atoms with Crippen LogP contribution in [-0.4, -0.2) is 16.3 Å². The summed E-state index contributed by atoms with van der Waals surface area (Å²) >= 11 is 1.55. The molecule has 0 unspecified atom stereocenters. The fourth-order valence-electron chi connectivity index (χ4n) is 1.69. The third kappa shape index (κ3) is 2.58. The molecule has 0 radical (unpaired) electrons. The first-order valence-electron chi connectivity index (χ1n) is 5.51. The van der Waals surface area contributed by atoms with Crippen molar-refractivity contribution in [1.82, 2.24) is 9.97 Å². The van der Waals surface area contributed by atoms with Gasteiger partial charge in [-0.25, -0.2) is 4.98 Å². The molecule has 1 heterocycles. The number of carbonyl (C=O) groups is 1. The molecule has 4 heteroatoms. The van der Waals surface area contributed by atoms with E-state index in [0.717, 1.165) is 17.9 Å². The lowest BCUT2D eigenvalue weighted by Crippen LogP contribution is -1.89. The van der Waals surface area contributed by atoms with Gasteiger partial charge in [-0.05, 0) is 30.5 Å². The van der Waals surface area contributed by atoms with Crippen LogP contribution < -0.4 is 0 Å². The molecule has 0 fully saturated rings. The molecule has 0 saturated carbocycles. The monoisotopic (exact) mass is 246 g/mol. The van der Waals surface area contributed by atoms with E-state index in [1.807, 2.05) is 0 Å². The van der Waals surface area contributed by atoms with Crippen LogP contribution in [0.4, 0.5) is 0 Å². The lowest BCUT2D eigenvalue weighted by Gasteiger charge is -2.07. The quantitative estimate of drug-likeness (QED) is 0.842. The van der Waals surface area contributed by atoms with Gasteiger partial charge in [-0.15, -0.1) is 0 Å². The molecule has 17 heavy (non-hydrogen) atoms. The Hall–Kier alpha value is -1.55. The standard InChI is InChI=1S/C13H14N2OS/c1-3-10-5-4-6-12(9(10)2)17-13-14-7-11(8-16)15-13/h4-8H,3H2,1-2H3,(H,14,15). The van der Waals surface area contributed by atoms with Crippen molar-refractivity contribution in [1.29, 1.82) is 0 Å². The lowest BCUT2D eigenvalue weighted by atomic mass is 10.1. The van der Waals surface area contributed by atoms with Crippen molar-refractivity contribution in [2.24, 2.45) is 0 Å². The van der Waals surface area contributed by atoms with Gasteiger partial charge in [0.25, 0.3) is 0 Å². The summed E-state index contributed by atoms with van der Waals surface area (Å²) in [6.07, 6.45) is 3.35. The summed E-state index contributed by atoms with van der Waals surface area (Å²) in [4.78, 5) is 18.9. The molecule has 1 aromatic heterocycles. The van der Waals surface area contributed by atoms with Crippen LogP contribution in [-0.2, 0) is 6.42 Å². The highest BCUT2D eigenvalue weighted by molar-refractivity contribution is 7.99. The highest BCUT2D eigenvalue weighted by atomic mass is 32.2. The van der Waals surface area contributed by atoms with Gasteiger partial charge in [0.1, 0.15) is 0 Å². The fourth-order valence-corrected chi connectivity index (χ4v) is 2.60. The van der Waals surface area contributed by atoms with Crippen molar-refractivity contribution in [3.63, 3.8) is 0 Å². The number of hydrogen-bond acceptors (Lipinski definition) is 3. The molecule has 88 valence electrons. The zero-order valence-electron chi connectivity index (χ0n) is 9.86. The summed E-state index contributed by atoms with van der Waals surface area (Å²) in [6.45, 7) is 4.26. The summed E-state index contributed by atoms with van der Waals surface area (Å²) in [6, 6.07) is 6.26. The van der Waals surface area contributed by atoms with E-state index in [1.54, 1.807) is 18.0 Å². The maximum atomic E-state index is 10.6. The normalized spacial score (nSPS) is 10.5. The van der Waals surface area contributed by atoms with E-state index in [2.05, 4.69) is 42.0 Å². The number of aryl methyl sites for hydroxylation is 1. The molecule has 0 bridgehead atoms. The number of nitrogens with zero attached hydrogens (tertiary/aromatic N) is 1. The summed E-state index contributed by atoms with van der Waals surface area (Å²) in [5.41, 5.74) is 3.14. The van der Waals surface area contributed by atoms with Crippen LogP contribution in [0.25, 0.3) is 0 Å². The van der Waals surface area contributed by atoms with Crippen molar-refractivity contribution in [2.45, 2.75) is 30.3 Å².